The van der Waals surface area contributed by atoms with Gasteiger partial charge in [0.05, 0.1) is 12.8 Å². The number of benzene rings is 2. The molecule has 2 rings (SSSR count). The van der Waals surface area contributed by atoms with E-state index in [1.54, 1.807) is 13.2 Å². The second-order valence-electron chi connectivity index (χ2n) is 6.82. The Morgan fingerprint density at radius 1 is 1.19 bits per heavy atom. The van der Waals surface area contributed by atoms with Gasteiger partial charge in [0.25, 0.3) is 0 Å². The SMILES string of the molecule is CCCCC(NC(C)c1cccc(OC)c1)c1ccc(O)c(NC(C)=O)c1. The fraction of sp³-hybridized carbons (Fsp3) is 0.409. The minimum atomic E-state index is -0.203. The van der Waals surface area contributed by atoms with E-state index in [0.29, 0.717) is 5.69 Å². The van der Waals surface area contributed by atoms with Crippen LogP contribution in [0, 0.1) is 0 Å². The Morgan fingerprint density at radius 2 is 1.96 bits per heavy atom. The second kappa shape index (κ2) is 9.97. The fourth-order valence-corrected chi connectivity index (χ4v) is 3.12. The van der Waals surface area contributed by atoms with Gasteiger partial charge >= 0.3 is 0 Å². The van der Waals surface area contributed by atoms with Crippen molar-refractivity contribution < 1.29 is 14.6 Å². The van der Waals surface area contributed by atoms with Crippen LogP contribution >= 0.6 is 0 Å². The highest BCUT2D eigenvalue weighted by atomic mass is 16.5. The van der Waals surface area contributed by atoms with Gasteiger partial charge in [0.1, 0.15) is 11.5 Å². The average molecular weight is 370 g/mol. The van der Waals surface area contributed by atoms with E-state index >= 15 is 0 Å². The lowest BCUT2D eigenvalue weighted by Gasteiger charge is -2.25. The molecule has 5 nitrogen and oxygen atoms in total. The molecule has 146 valence electrons. The first-order chi connectivity index (χ1) is 12.9. The van der Waals surface area contributed by atoms with Crippen molar-refractivity contribution in [2.24, 2.45) is 0 Å². The van der Waals surface area contributed by atoms with Crippen molar-refractivity contribution in [2.75, 3.05) is 12.4 Å². The van der Waals surface area contributed by atoms with Gasteiger partial charge < -0.3 is 20.5 Å². The summed E-state index contributed by atoms with van der Waals surface area (Å²) in [7, 11) is 1.67. The Kier molecular flexibility index (Phi) is 7.67. The zero-order valence-electron chi connectivity index (χ0n) is 16.6. The molecule has 0 aliphatic heterocycles. The summed E-state index contributed by atoms with van der Waals surface area (Å²) in [6.45, 7) is 5.73. The largest absolute Gasteiger partial charge is 0.506 e. The molecule has 0 radical (unpaired) electrons. The van der Waals surface area contributed by atoms with E-state index < -0.39 is 0 Å². The molecule has 1 amide bonds. The summed E-state index contributed by atoms with van der Waals surface area (Å²) in [4.78, 5) is 11.4. The Labute approximate surface area is 161 Å². The van der Waals surface area contributed by atoms with Crippen LogP contribution in [0.2, 0.25) is 0 Å². The number of phenolic OH excluding ortho intramolecular Hbond substituents is 1. The van der Waals surface area contributed by atoms with E-state index in [9.17, 15) is 9.90 Å². The third-order valence-corrected chi connectivity index (χ3v) is 4.63. The molecule has 2 aromatic carbocycles. The Balaban J connectivity index is 2.25. The van der Waals surface area contributed by atoms with Crippen molar-refractivity contribution in [3.05, 3.63) is 53.6 Å². The van der Waals surface area contributed by atoms with E-state index in [1.165, 1.54) is 6.92 Å². The molecule has 0 aliphatic rings. The minimum absolute atomic E-state index is 0.0732. The number of carbonyl (C=O) groups excluding carboxylic acids is 1. The average Bonchev–Trinajstić information content (AvgIpc) is 2.66. The van der Waals surface area contributed by atoms with Crippen molar-refractivity contribution in [2.45, 2.75) is 52.1 Å². The molecule has 0 aliphatic carbocycles. The topological polar surface area (TPSA) is 70.6 Å². The molecule has 0 bridgehead atoms. The second-order valence-corrected chi connectivity index (χ2v) is 6.82. The molecular weight excluding hydrogens is 340 g/mol. The predicted molar refractivity (Wildman–Crippen MR) is 109 cm³/mol. The predicted octanol–water partition coefficient (Wildman–Crippen LogP) is 4.94. The molecule has 0 fully saturated rings. The van der Waals surface area contributed by atoms with E-state index in [0.717, 1.165) is 36.1 Å². The molecule has 27 heavy (non-hydrogen) atoms. The lowest BCUT2D eigenvalue weighted by molar-refractivity contribution is -0.114. The number of unbranched alkanes of at least 4 members (excludes halogenated alkanes) is 1. The number of methoxy groups -OCH3 is 1. The first-order valence-corrected chi connectivity index (χ1v) is 9.45. The first kappa shape index (κ1) is 20.8. The van der Waals surface area contributed by atoms with E-state index in [1.807, 2.05) is 30.3 Å². The maximum absolute atomic E-state index is 11.4. The number of phenols is 1. The first-order valence-electron chi connectivity index (χ1n) is 9.45. The molecule has 3 N–H and O–H groups in total. The van der Waals surface area contributed by atoms with Crippen LogP contribution in [0.4, 0.5) is 5.69 Å². The van der Waals surface area contributed by atoms with Crippen molar-refractivity contribution in [1.82, 2.24) is 5.32 Å². The molecule has 0 spiro atoms. The number of hydrogen-bond donors (Lipinski definition) is 3. The summed E-state index contributed by atoms with van der Waals surface area (Å²) in [5.74, 6) is 0.707. The third kappa shape index (κ3) is 6.00. The molecule has 2 atom stereocenters. The number of ether oxygens (including phenoxy) is 1. The number of hydrogen-bond acceptors (Lipinski definition) is 4. The molecule has 0 saturated heterocycles. The van der Waals surface area contributed by atoms with Gasteiger partial charge in [-0.25, -0.2) is 0 Å². The van der Waals surface area contributed by atoms with E-state index in [2.05, 4.69) is 30.5 Å². The highest BCUT2D eigenvalue weighted by molar-refractivity contribution is 5.90. The molecule has 5 heteroatoms. The monoisotopic (exact) mass is 370 g/mol. The molecule has 0 saturated carbocycles. The number of rotatable bonds is 9. The van der Waals surface area contributed by atoms with Crippen LogP contribution < -0.4 is 15.4 Å². The van der Waals surface area contributed by atoms with Crippen LogP contribution in [-0.4, -0.2) is 18.1 Å². The van der Waals surface area contributed by atoms with Crippen LogP contribution in [0.1, 0.15) is 63.2 Å². The summed E-state index contributed by atoms with van der Waals surface area (Å²) in [5, 5.41) is 16.4. The summed E-state index contributed by atoms with van der Waals surface area (Å²) >= 11 is 0. The molecule has 2 aromatic rings. The Bertz CT molecular complexity index is 761. The summed E-state index contributed by atoms with van der Waals surface area (Å²) < 4.78 is 5.33. The summed E-state index contributed by atoms with van der Waals surface area (Å²) in [6, 6.07) is 13.7. The highest BCUT2D eigenvalue weighted by Gasteiger charge is 2.17. The van der Waals surface area contributed by atoms with E-state index in [4.69, 9.17) is 4.74 Å². The van der Waals surface area contributed by atoms with Crippen molar-refractivity contribution in [1.29, 1.82) is 0 Å². The molecular formula is C22H30N2O3. The molecule has 0 aromatic heterocycles. The normalized spacial score (nSPS) is 13.0. The minimum Gasteiger partial charge on any atom is -0.506 e. The quantitative estimate of drug-likeness (QED) is 0.547. The number of aromatic hydroxyl groups is 1. The standard InChI is InChI=1S/C22H30N2O3/c1-5-6-10-20(18-11-12-22(26)21(14-18)24-16(3)25)23-15(2)17-8-7-9-19(13-17)27-4/h7-9,11-15,20,23,26H,5-6,10H2,1-4H3,(H,24,25). The van der Waals surface area contributed by atoms with Gasteiger partial charge in [-0.2, -0.15) is 0 Å². The number of carbonyl (C=O) groups is 1. The zero-order chi connectivity index (χ0) is 19.8. The van der Waals surface area contributed by atoms with Gasteiger partial charge in [0.2, 0.25) is 5.91 Å². The Morgan fingerprint density at radius 3 is 2.63 bits per heavy atom. The van der Waals surface area contributed by atoms with Gasteiger partial charge in [-0.05, 0) is 48.7 Å². The summed E-state index contributed by atoms with van der Waals surface area (Å²) in [6.07, 6.45) is 3.15. The van der Waals surface area contributed by atoms with Crippen molar-refractivity contribution >= 4 is 11.6 Å². The van der Waals surface area contributed by atoms with Crippen LogP contribution in [0.3, 0.4) is 0 Å². The summed E-state index contributed by atoms with van der Waals surface area (Å²) in [5.41, 5.74) is 2.63. The van der Waals surface area contributed by atoms with Crippen LogP contribution in [0.25, 0.3) is 0 Å². The maximum Gasteiger partial charge on any atom is 0.221 e. The number of amides is 1. The van der Waals surface area contributed by atoms with Gasteiger partial charge in [-0.3, -0.25) is 4.79 Å². The van der Waals surface area contributed by atoms with Gasteiger partial charge in [0, 0.05) is 19.0 Å². The fourth-order valence-electron chi connectivity index (χ4n) is 3.12. The third-order valence-electron chi connectivity index (χ3n) is 4.63. The number of nitrogens with one attached hydrogen (secondary N) is 2. The molecule has 2 unspecified atom stereocenters. The smallest absolute Gasteiger partial charge is 0.221 e. The van der Waals surface area contributed by atoms with Crippen LogP contribution in [0.15, 0.2) is 42.5 Å². The molecule has 0 heterocycles. The van der Waals surface area contributed by atoms with Gasteiger partial charge in [-0.1, -0.05) is 38.0 Å². The highest BCUT2D eigenvalue weighted by Crippen LogP contribution is 2.31. The van der Waals surface area contributed by atoms with Crippen molar-refractivity contribution in [3.8, 4) is 11.5 Å². The Hall–Kier alpha value is -2.53. The van der Waals surface area contributed by atoms with E-state index in [-0.39, 0.29) is 23.7 Å². The van der Waals surface area contributed by atoms with Crippen LogP contribution in [0.5, 0.6) is 11.5 Å². The lowest BCUT2D eigenvalue weighted by Crippen LogP contribution is -2.25. The van der Waals surface area contributed by atoms with Gasteiger partial charge in [-0.15, -0.1) is 0 Å². The lowest BCUT2D eigenvalue weighted by atomic mass is 9.98. The van der Waals surface area contributed by atoms with Gasteiger partial charge in [0.15, 0.2) is 0 Å². The number of anilines is 1. The van der Waals surface area contributed by atoms with Crippen molar-refractivity contribution in [3.63, 3.8) is 0 Å². The van der Waals surface area contributed by atoms with Crippen LogP contribution in [-0.2, 0) is 4.79 Å². The maximum atomic E-state index is 11.4. The zero-order valence-corrected chi connectivity index (χ0v) is 16.6.